The molecule has 0 bridgehead atoms. The molecular formula is C22H30N4O2S. The van der Waals surface area contributed by atoms with E-state index in [1.54, 1.807) is 6.20 Å². The molecule has 0 aromatic carbocycles. The van der Waals surface area contributed by atoms with Crippen molar-refractivity contribution in [3.05, 3.63) is 45.8 Å². The number of hydrogen-bond donors (Lipinski definition) is 1. The lowest BCUT2D eigenvalue weighted by Gasteiger charge is -2.35. The van der Waals surface area contributed by atoms with Crippen molar-refractivity contribution in [1.82, 2.24) is 15.2 Å². The monoisotopic (exact) mass is 414 g/mol. The summed E-state index contributed by atoms with van der Waals surface area (Å²) >= 11 is 1.50. The van der Waals surface area contributed by atoms with Crippen molar-refractivity contribution in [2.75, 3.05) is 31.1 Å². The van der Waals surface area contributed by atoms with Gasteiger partial charge in [0.15, 0.2) is 0 Å². The Morgan fingerprint density at radius 3 is 2.41 bits per heavy atom. The highest BCUT2D eigenvalue weighted by Gasteiger charge is 2.24. The van der Waals surface area contributed by atoms with Gasteiger partial charge in [0.1, 0.15) is 5.82 Å². The zero-order chi connectivity index (χ0) is 21.0. The summed E-state index contributed by atoms with van der Waals surface area (Å²) in [5.41, 5.74) is 1.62. The smallest absolute Gasteiger partial charge is 0.264 e. The summed E-state index contributed by atoms with van der Waals surface area (Å²) in [5, 5.41) is 4.99. The quantitative estimate of drug-likeness (QED) is 0.785. The number of hydrogen-bond acceptors (Lipinski definition) is 5. The molecule has 1 saturated heterocycles. The topological polar surface area (TPSA) is 65.5 Å². The number of carbonyl (C=O) groups excluding carboxylic acids is 2. The van der Waals surface area contributed by atoms with Gasteiger partial charge in [0.05, 0.1) is 10.4 Å². The van der Waals surface area contributed by atoms with E-state index in [0.717, 1.165) is 35.8 Å². The second-order valence-electron chi connectivity index (χ2n) is 8.12. The number of amides is 2. The van der Waals surface area contributed by atoms with Crippen LogP contribution in [0.4, 0.5) is 5.82 Å². The van der Waals surface area contributed by atoms with E-state index < -0.39 is 0 Å². The van der Waals surface area contributed by atoms with Crippen LogP contribution in [0.15, 0.2) is 29.8 Å². The van der Waals surface area contributed by atoms with Gasteiger partial charge < -0.3 is 15.1 Å². The molecule has 3 rings (SSSR count). The summed E-state index contributed by atoms with van der Waals surface area (Å²) in [4.78, 5) is 34.4. The van der Waals surface area contributed by atoms with E-state index in [0.29, 0.717) is 24.6 Å². The molecule has 2 aromatic heterocycles. The molecule has 0 spiro atoms. The first-order valence-electron chi connectivity index (χ1n) is 10.2. The van der Waals surface area contributed by atoms with Crippen LogP contribution in [-0.2, 0) is 0 Å². The van der Waals surface area contributed by atoms with Crippen molar-refractivity contribution in [3.8, 4) is 0 Å². The number of aryl methyl sites for hydroxylation is 1. The first-order valence-corrected chi connectivity index (χ1v) is 11.1. The first-order chi connectivity index (χ1) is 13.8. The van der Waals surface area contributed by atoms with Crippen LogP contribution in [0, 0.1) is 12.8 Å². The van der Waals surface area contributed by atoms with Gasteiger partial charge >= 0.3 is 0 Å². The van der Waals surface area contributed by atoms with Crippen molar-refractivity contribution in [2.24, 2.45) is 5.92 Å². The van der Waals surface area contributed by atoms with E-state index in [-0.39, 0.29) is 17.9 Å². The lowest BCUT2D eigenvalue weighted by molar-refractivity contribution is 0.0750. The number of thiophene rings is 1. The van der Waals surface area contributed by atoms with Crippen molar-refractivity contribution in [2.45, 2.75) is 40.2 Å². The molecule has 1 N–H and O–H groups in total. The minimum Gasteiger partial charge on any atom is -0.353 e. The molecule has 1 aliphatic rings. The van der Waals surface area contributed by atoms with E-state index in [1.165, 1.54) is 11.3 Å². The van der Waals surface area contributed by atoms with Gasteiger partial charge in [-0.25, -0.2) is 4.98 Å². The van der Waals surface area contributed by atoms with Crippen LogP contribution in [0.5, 0.6) is 0 Å². The zero-order valence-corrected chi connectivity index (χ0v) is 18.5. The molecule has 6 nitrogen and oxygen atoms in total. The fraction of sp³-hybridized carbons (Fsp3) is 0.500. The van der Waals surface area contributed by atoms with E-state index >= 15 is 0 Å². The third-order valence-electron chi connectivity index (χ3n) is 5.16. The average molecular weight is 415 g/mol. The molecule has 1 aliphatic heterocycles. The normalized spacial score (nSPS) is 15.5. The van der Waals surface area contributed by atoms with Crippen LogP contribution < -0.4 is 10.2 Å². The fourth-order valence-electron chi connectivity index (χ4n) is 3.65. The molecule has 1 unspecified atom stereocenters. The van der Waals surface area contributed by atoms with Crippen LogP contribution in [0.3, 0.4) is 0 Å². The van der Waals surface area contributed by atoms with Crippen molar-refractivity contribution >= 4 is 29.0 Å². The van der Waals surface area contributed by atoms with E-state index in [4.69, 9.17) is 0 Å². The number of aromatic nitrogens is 1. The Morgan fingerprint density at radius 2 is 1.86 bits per heavy atom. The first kappa shape index (κ1) is 21.3. The molecule has 0 saturated carbocycles. The van der Waals surface area contributed by atoms with Crippen molar-refractivity contribution < 1.29 is 9.59 Å². The molecule has 29 heavy (non-hydrogen) atoms. The summed E-state index contributed by atoms with van der Waals surface area (Å²) < 4.78 is 0. The Bertz CT molecular complexity index is 839. The van der Waals surface area contributed by atoms with E-state index in [2.05, 4.69) is 29.0 Å². The maximum absolute atomic E-state index is 12.7. The Labute approximate surface area is 176 Å². The molecule has 2 amide bonds. The molecule has 1 fully saturated rings. The molecule has 0 radical (unpaired) electrons. The van der Waals surface area contributed by atoms with Gasteiger partial charge in [-0.2, -0.15) is 0 Å². The average Bonchev–Trinajstić information content (AvgIpc) is 3.13. The number of rotatable bonds is 6. The highest BCUT2D eigenvalue weighted by molar-refractivity contribution is 7.12. The second kappa shape index (κ2) is 9.39. The highest BCUT2D eigenvalue weighted by atomic mass is 32.1. The van der Waals surface area contributed by atoms with Crippen molar-refractivity contribution in [3.63, 3.8) is 0 Å². The Kier molecular flexibility index (Phi) is 6.90. The molecule has 0 aliphatic carbocycles. The van der Waals surface area contributed by atoms with Crippen molar-refractivity contribution in [1.29, 1.82) is 0 Å². The van der Waals surface area contributed by atoms with Gasteiger partial charge in [-0.3, -0.25) is 9.59 Å². The SMILES string of the molecule is Cc1ccsc1C(=O)N1CCN(c2ccc(C(=O)NC(C)CC(C)C)cn2)CC1. The third kappa shape index (κ3) is 5.35. The number of nitrogens with zero attached hydrogens (tertiary/aromatic N) is 3. The molecule has 156 valence electrons. The minimum atomic E-state index is -0.0843. The summed E-state index contributed by atoms with van der Waals surface area (Å²) in [6.45, 7) is 11.1. The molecule has 1 atom stereocenters. The van der Waals surface area contributed by atoms with Crippen LogP contribution in [0.1, 0.15) is 52.8 Å². The molecular weight excluding hydrogens is 384 g/mol. The standard InChI is InChI=1S/C22H30N4O2S/c1-15(2)13-17(4)24-21(27)18-5-6-19(23-14-18)25-8-10-26(11-9-25)22(28)20-16(3)7-12-29-20/h5-7,12,14-15,17H,8-11,13H2,1-4H3,(H,24,27). The van der Waals surface area contributed by atoms with E-state index in [1.807, 2.05) is 42.3 Å². The number of piperazine rings is 1. The maximum Gasteiger partial charge on any atom is 0.264 e. The number of nitrogens with one attached hydrogen (secondary N) is 1. The summed E-state index contributed by atoms with van der Waals surface area (Å²) in [5.74, 6) is 1.42. The maximum atomic E-state index is 12.7. The second-order valence-corrected chi connectivity index (χ2v) is 9.04. The fourth-order valence-corrected chi connectivity index (χ4v) is 4.55. The zero-order valence-electron chi connectivity index (χ0n) is 17.6. The van der Waals surface area contributed by atoms with Crippen LogP contribution in [0.25, 0.3) is 0 Å². The lowest BCUT2D eigenvalue weighted by atomic mass is 10.1. The molecule has 3 heterocycles. The third-order valence-corrected chi connectivity index (χ3v) is 6.16. The largest absolute Gasteiger partial charge is 0.353 e. The van der Waals surface area contributed by atoms with Gasteiger partial charge in [0, 0.05) is 38.4 Å². The predicted molar refractivity (Wildman–Crippen MR) is 118 cm³/mol. The van der Waals surface area contributed by atoms with Gasteiger partial charge in [0.25, 0.3) is 11.8 Å². The summed E-state index contributed by atoms with van der Waals surface area (Å²) in [7, 11) is 0. The Balaban J connectivity index is 1.54. The Hall–Kier alpha value is -2.41. The lowest BCUT2D eigenvalue weighted by Crippen LogP contribution is -2.49. The van der Waals surface area contributed by atoms with Gasteiger partial charge in [-0.05, 0) is 55.3 Å². The number of anilines is 1. The van der Waals surface area contributed by atoms with E-state index in [9.17, 15) is 9.59 Å². The van der Waals surface area contributed by atoms with Gasteiger partial charge in [-0.15, -0.1) is 11.3 Å². The predicted octanol–water partition coefficient (Wildman–Crippen LogP) is 3.58. The molecule has 2 aromatic rings. The van der Waals surface area contributed by atoms with Crippen LogP contribution in [-0.4, -0.2) is 53.9 Å². The minimum absolute atomic E-state index is 0.0843. The summed E-state index contributed by atoms with van der Waals surface area (Å²) in [6.07, 6.45) is 2.59. The van der Waals surface area contributed by atoms with Crippen LogP contribution in [0.2, 0.25) is 0 Å². The van der Waals surface area contributed by atoms with Crippen LogP contribution >= 0.6 is 11.3 Å². The van der Waals surface area contributed by atoms with Gasteiger partial charge in [0.2, 0.25) is 0 Å². The highest BCUT2D eigenvalue weighted by Crippen LogP contribution is 2.20. The summed E-state index contributed by atoms with van der Waals surface area (Å²) in [6, 6.07) is 5.84. The number of pyridine rings is 1. The number of carbonyl (C=O) groups is 2. The van der Waals surface area contributed by atoms with Gasteiger partial charge in [-0.1, -0.05) is 13.8 Å². The molecule has 7 heteroatoms. The Morgan fingerprint density at radius 1 is 1.14 bits per heavy atom.